The quantitative estimate of drug-likeness (QED) is 0.531. The average molecular weight is 345 g/mol. The molecule has 0 amide bonds. The first-order valence-electron chi connectivity index (χ1n) is 9.13. The van der Waals surface area contributed by atoms with Crippen LogP contribution in [0.25, 0.3) is 0 Å². The van der Waals surface area contributed by atoms with Gasteiger partial charge in [-0.3, -0.25) is 0 Å². The molecule has 3 aromatic rings. The molecule has 0 aliphatic heterocycles. The predicted octanol–water partition coefficient (Wildman–Crippen LogP) is 7.02. The number of rotatable bonds is 4. The molecular formula is C24H28N2. The molecule has 0 bridgehead atoms. The Labute approximate surface area is 157 Å². The van der Waals surface area contributed by atoms with Gasteiger partial charge in [-0.1, -0.05) is 35.4 Å². The normalized spacial score (nSPS) is 10.7. The second kappa shape index (κ2) is 7.25. The summed E-state index contributed by atoms with van der Waals surface area (Å²) >= 11 is 0. The van der Waals surface area contributed by atoms with Crippen molar-refractivity contribution in [2.24, 2.45) is 0 Å². The Bertz CT molecular complexity index is 812. The summed E-state index contributed by atoms with van der Waals surface area (Å²) in [5, 5.41) is 7.12. The van der Waals surface area contributed by atoms with Crippen LogP contribution in [0, 0.1) is 41.5 Å². The van der Waals surface area contributed by atoms with Gasteiger partial charge in [0.15, 0.2) is 0 Å². The van der Waals surface area contributed by atoms with Gasteiger partial charge in [0.05, 0.1) is 0 Å². The van der Waals surface area contributed by atoms with Crippen LogP contribution >= 0.6 is 0 Å². The Morgan fingerprint density at radius 1 is 0.462 bits per heavy atom. The van der Waals surface area contributed by atoms with Crippen molar-refractivity contribution < 1.29 is 0 Å². The summed E-state index contributed by atoms with van der Waals surface area (Å²) in [4.78, 5) is 0. The van der Waals surface area contributed by atoms with E-state index in [1.54, 1.807) is 0 Å². The van der Waals surface area contributed by atoms with Gasteiger partial charge in [0.25, 0.3) is 0 Å². The first-order chi connectivity index (χ1) is 12.3. The molecule has 0 aliphatic carbocycles. The minimum absolute atomic E-state index is 1.10. The summed E-state index contributed by atoms with van der Waals surface area (Å²) in [6, 6.07) is 17.4. The number of hydrogen-bond acceptors (Lipinski definition) is 2. The molecule has 0 fully saturated rings. The highest BCUT2D eigenvalue weighted by atomic mass is 14.9. The lowest BCUT2D eigenvalue weighted by Crippen LogP contribution is -1.99. The average Bonchev–Trinajstić information content (AvgIpc) is 2.55. The zero-order valence-electron chi connectivity index (χ0n) is 16.6. The zero-order valence-corrected chi connectivity index (χ0v) is 16.6. The summed E-state index contributed by atoms with van der Waals surface area (Å²) < 4.78 is 0. The second-order valence-corrected chi connectivity index (χ2v) is 7.37. The summed E-state index contributed by atoms with van der Waals surface area (Å²) in [6.45, 7) is 12.9. The van der Waals surface area contributed by atoms with Crippen molar-refractivity contribution in [1.29, 1.82) is 0 Å². The first kappa shape index (κ1) is 18.1. The van der Waals surface area contributed by atoms with Gasteiger partial charge in [0.2, 0.25) is 0 Å². The highest BCUT2D eigenvalue weighted by Crippen LogP contribution is 2.29. The van der Waals surface area contributed by atoms with Crippen molar-refractivity contribution in [2.45, 2.75) is 41.5 Å². The van der Waals surface area contributed by atoms with Gasteiger partial charge in [-0.2, -0.15) is 0 Å². The summed E-state index contributed by atoms with van der Waals surface area (Å²) in [5.74, 6) is 0. The van der Waals surface area contributed by atoms with Crippen LogP contribution < -0.4 is 10.6 Å². The fraction of sp³-hybridized carbons (Fsp3) is 0.250. The van der Waals surface area contributed by atoms with Crippen LogP contribution in [0.4, 0.5) is 22.7 Å². The lowest BCUT2D eigenvalue weighted by atomic mass is 10.0. The maximum atomic E-state index is 3.56. The van der Waals surface area contributed by atoms with E-state index in [0.29, 0.717) is 0 Å². The van der Waals surface area contributed by atoms with Crippen LogP contribution in [0.2, 0.25) is 0 Å². The maximum absolute atomic E-state index is 3.56. The molecule has 0 unspecified atom stereocenters. The Morgan fingerprint density at radius 3 is 1.00 bits per heavy atom. The molecule has 0 saturated carbocycles. The summed E-state index contributed by atoms with van der Waals surface area (Å²) in [5.41, 5.74) is 12.3. The van der Waals surface area contributed by atoms with Crippen molar-refractivity contribution in [2.75, 3.05) is 10.6 Å². The number of benzene rings is 3. The highest BCUT2D eigenvalue weighted by Gasteiger charge is 2.06. The monoisotopic (exact) mass is 344 g/mol. The molecular weight excluding hydrogens is 316 g/mol. The second-order valence-electron chi connectivity index (χ2n) is 7.37. The largest absolute Gasteiger partial charge is 0.355 e. The van der Waals surface area contributed by atoms with Crippen LogP contribution in [0.3, 0.4) is 0 Å². The third-order valence-electron chi connectivity index (χ3n) is 4.78. The molecule has 3 aromatic carbocycles. The summed E-state index contributed by atoms with van der Waals surface area (Å²) in [6.07, 6.45) is 0. The number of hydrogen-bond donors (Lipinski definition) is 2. The van der Waals surface area contributed by atoms with Crippen LogP contribution in [-0.4, -0.2) is 0 Å². The molecule has 0 atom stereocenters. The topological polar surface area (TPSA) is 24.1 Å². The van der Waals surface area contributed by atoms with E-state index in [2.05, 4.69) is 101 Å². The van der Waals surface area contributed by atoms with Gasteiger partial charge in [-0.05, 0) is 88.1 Å². The van der Waals surface area contributed by atoms with Gasteiger partial charge < -0.3 is 10.6 Å². The molecule has 0 heterocycles. The van der Waals surface area contributed by atoms with E-state index in [4.69, 9.17) is 0 Å². The number of aryl methyl sites for hydroxylation is 6. The molecule has 3 rings (SSSR count). The van der Waals surface area contributed by atoms with E-state index in [1.165, 1.54) is 44.8 Å². The fourth-order valence-corrected chi connectivity index (χ4v) is 3.68. The van der Waals surface area contributed by atoms with Gasteiger partial charge in [-0.15, -0.1) is 0 Å². The van der Waals surface area contributed by atoms with Crippen molar-refractivity contribution in [3.05, 3.63) is 81.9 Å². The van der Waals surface area contributed by atoms with Gasteiger partial charge in [0, 0.05) is 22.7 Å². The Kier molecular flexibility index (Phi) is 5.03. The van der Waals surface area contributed by atoms with Crippen molar-refractivity contribution in [3.8, 4) is 0 Å². The molecule has 0 aromatic heterocycles. The van der Waals surface area contributed by atoms with Gasteiger partial charge in [0.1, 0.15) is 0 Å². The van der Waals surface area contributed by atoms with Crippen LogP contribution in [0.1, 0.15) is 33.4 Å². The van der Waals surface area contributed by atoms with Crippen LogP contribution in [0.15, 0.2) is 48.5 Å². The fourth-order valence-electron chi connectivity index (χ4n) is 3.68. The predicted molar refractivity (Wildman–Crippen MR) is 114 cm³/mol. The van der Waals surface area contributed by atoms with E-state index >= 15 is 0 Å². The SMILES string of the molecule is Cc1cc(C)c(Nc2ccc(Nc3c(C)cc(C)cc3C)cc2)c(C)c1. The molecule has 2 N–H and O–H groups in total. The first-order valence-corrected chi connectivity index (χ1v) is 9.13. The zero-order chi connectivity index (χ0) is 18.8. The molecule has 0 aliphatic rings. The van der Waals surface area contributed by atoms with E-state index in [9.17, 15) is 0 Å². The molecule has 134 valence electrons. The highest BCUT2D eigenvalue weighted by molar-refractivity contribution is 5.71. The number of nitrogens with one attached hydrogen (secondary N) is 2. The lowest BCUT2D eigenvalue weighted by molar-refractivity contribution is 1.30. The molecule has 0 spiro atoms. The number of anilines is 4. The third-order valence-corrected chi connectivity index (χ3v) is 4.78. The van der Waals surface area contributed by atoms with Crippen molar-refractivity contribution in [1.82, 2.24) is 0 Å². The van der Waals surface area contributed by atoms with E-state index in [1.807, 2.05) is 0 Å². The van der Waals surface area contributed by atoms with Crippen molar-refractivity contribution >= 4 is 22.7 Å². The standard InChI is InChI=1S/C24H28N2/c1-15-11-17(3)23(18(4)12-15)25-21-7-9-22(10-8-21)26-24-19(5)13-16(2)14-20(24)6/h7-14,25-26H,1-6H3. The Morgan fingerprint density at radius 2 is 0.731 bits per heavy atom. The molecule has 2 nitrogen and oxygen atoms in total. The van der Waals surface area contributed by atoms with Crippen molar-refractivity contribution in [3.63, 3.8) is 0 Å². The van der Waals surface area contributed by atoms with E-state index in [0.717, 1.165) is 11.4 Å². The Hall–Kier alpha value is -2.74. The summed E-state index contributed by atoms with van der Waals surface area (Å²) in [7, 11) is 0. The van der Waals surface area contributed by atoms with Gasteiger partial charge in [-0.25, -0.2) is 0 Å². The third kappa shape index (κ3) is 3.91. The van der Waals surface area contributed by atoms with Crippen LogP contribution in [-0.2, 0) is 0 Å². The van der Waals surface area contributed by atoms with E-state index in [-0.39, 0.29) is 0 Å². The molecule has 0 saturated heterocycles. The van der Waals surface area contributed by atoms with E-state index < -0.39 is 0 Å². The molecule has 0 radical (unpaired) electrons. The minimum atomic E-state index is 1.10. The minimum Gasteiger partial charge on any atom is -0.355 e. The lowest BCUT2D eigenvalue weighted by Gasteiger charge is -2.16. The smallest absolute Gasteiger partial charge is 0.0443 e. The Balaban J connectivity index is 1.80. The van der Waals surface area contributed by atoms with Gasteiger partial charge >= 0.3 is 0 Å². The molecule has 2 heteroatoms. The molecule has 26 heavy (non-hydrogen) atoms. The maximum Gasteiger partial charge on any atom is 0.0443 e. The van der Waals surface area contributed by atoms with Crippen LogP contribution in [0.5, 0.6) is 0 Å².